The van der Waals surface area contributed by atoms with Gasteiger partial charge in [-0.1, -0.05) is 48.4 Å². The third-order valence-electron chi connectivity index (χ3n) is 6.42. The summed E-state index contributed by atoms with van der Waals surface area (Å²) in [6.07, 6.45) is 3.17. The molecule has 6 heteroatoms. The Morgan fingerprint density at radius 2 is 1.58 bits per heavy atom. The Kier molecular flexibility index (Phi) is 5.36. The van der Waals surface area contributed by atoms with Crippen LogP contribution < -0.4 is 0 Å². The number of benzene rings is 2. The highest BCUT2D eigenvalue weighted by molar-refractivity contribution is 6.30. The molecule has 0 atom stereocenters. The summed E-state index contributed by atoms with van der Waals surface area (Å²) in [5.74, 6) is 0.454. The molecule has 2 aromatic carbocycles. The van der Waals surface area contributed by atoms with Gasteiger partial charge in [0.2, 0.25) is 5.91 Å². The zero-order valence-corrected chi connectivity index (χ0v) is 18.0. The fourth-order valence-electron chi connectivity index (χ4n) is 4.33. The van der Waals surface area contributed by atoms with E-state index in [1.807, 2.05) is 64.4 Å². The molecule has 1 aliphatic carbocycles. The highest BCUT2D eigenvalue weighted by Crippen LogP contribution is 2.29. The molecule has 1 saturated heterocycles. The van der Waals surface area contributed by atoms with Crippen molar-refractivity contribution in [3.8, 4) is 11.3 Å². The maximum absolute atomic E-state index is 13.5. The summed E-state index contributed by atoms with van der Waals surface area (Å²) < 4.78 is 0. The molecule has 0 N–H and O–H groups in total. The lowest BCUT2D eigenvalue weighted by Crippen LogP contribution is -2.52. The van der Waals surface area contributed by atoms with Crippen molar-refractivity contribution >= 4 is 34.3 Å². The summed E-state index contributed by atoms with van der Waals surface area (Å²) >= 11 is 6.03. The van der Waals surface area contributed by atoms with Crippen LogP contribution in [0.15, 0.2) is 54.6 Å². The first-order valence-electron chi connectivity index (χ1n) is 10.8. The lowest BCUT2D eigenvalue weighted by molar-refractivity contribution is -0.139. The molecule has 0 bridgehead atoms. The number of para-hydroxylation sites is 1. The number of hydrogen-bond acceptors (Lipinski definition) is 3. The van der Waals surface area contributed by atoms with Crippen molar-refractivity contribution in [2.45, 2.75) is 19.3 Å². The van der Waals surface area contributed by atoms with Gasteiger partial charge in [0.05, 0.1) is 16.8 Å². The summed E-state index contributed by atoms with van der Waals surface area (Å²) in [5, 5.41) is 1.51. The molecule has 31 heavy (non-hydrogen) atoms. The van der Waals surface area contributed by atoms with E-state index in [1.54, 1.807) is 0 Å². The minimum atomic E-state index is -0.00967. The fraction of sp³-hybridized carbons (Fsp3) is 0.320. The van der Waals surface area contributed by atoms with Crippen molar-refractivity contribution in [1.82, 2.24) is 14.8 Å². The van der Waals surface area contributed by atoms with Crippen molar-refractivity contribution in [3.05, 3.63) is 65.2 Å². The molecule has 3 aromatic rings. The van der Waals surface area contributed by atoms with Crippen LogP contribution in [0.25, 0.3) is 22.2 Å². The van der Waals surface area contributed by atoms with E-state index in [-0.39, 0.29) is 17.7 Å². The number of nitrogens with zero attached hydrogens (tertiary/aromatic N) is 3. The van der Waals surface area contributed by atoms with Crippen LogP contribution >= 0.6 is 11.6 Å². The zero-order chi connectivity index (χ0) is 21.4. The van der Waals surface area contributed by atoms with Gasteiger partial charge in [0, 0.05) is 48.1 Å². The molecule has 5 nitrogen and oxygen atoms in total. The Hall–Kier alpha value is -2.92. The lowest BCUT2D eigenvalue weighted by Gasteiger charge is -2.38. The number of piperazine rings is 1. The Balaban J connectivity index is 1.41. The summed E-state index contributed by atoms with van der Waals surface area (Å²) in [5.41, 5.74) is 3.10. The number of halogens is 1. The van der Waals surface area contributed by atoms with Crippen LogP contribution in [0.5, 0.6) is 0 Å². The standard InChI is InChI=1S/C25H24ClN3O2/c26-19-10-8-17(9-11-19)23-16-21(20-6-1-2-7-22(20)27-23)25(31)29-14-12-28(13-15-29)24(30)18-4-3-5-18/h1-2,6-11,16,18H,3-5,12-15H2. The largest absolute Gasteiger partial charge is 0.339 e. The number of fused-ring (bicyclic) bond motifs is 1. The van der Waals surface area contributed by atoms with E-state index in [2.05, 4.69) is 0 Å². The van der Waals surface area contributed by atoms with Gasteiger partial charge in [0.15, 0.2) is 0 Å². The minimum absolute atomic E-state index is 0.00967. The number of pyridine rings is 1. The molecular formula is C25H24ClN3O2. The number of amides is 2. The van der Waals surface area contributed by atoms with Crippen LogP contribution in [-0.4, -0.2) is 52.8 Å². The Morgan fingerprint density at radius 3 is 2.26 bits per heavy atom. The third-order valence-corrected chi connectivity index (χ3v) is 6.67. The van der Waals surface area contributed by atoms with E-state index in [0.29, 0.717) is 36.8 Å². The van der Waals surface area contributed by atoms with Crippen LogP contribution in [0.1, 0.15) is 29.6 Å². The van der Waals surface area contributed by atoms with Gasteiger partial charge in [0.1, 0.15) is 0 Å². The SMILES string of the molecule is O=C(c1cc(-c2ccc(Cl)cc2)nc2ccccc12)N1CCN(C(=O)C2CCC2)CC1. The quantitative estimate of drug-likeness (QED) is 0.604. The van der Waals surface area contributed by atoms with E-state index in [9.17, 15) is 9.59 Å². The van der Waals surface area contributed by atoms with E-state index < -0.39 is 0 Å². The van der Waals surface area contributed by atoms with Crippen molar-refractivity contribution in [2.75, 3.05) is 26.2 Å². The van der Waals surface area contributed by atoms with Crippen LogP contribution in [0, 0.1) is 5.92 Å². The van der Waals surface area contributed by atoms with Gasteiger partial charge < -0.3 is 9.80 Å². The topological polar surface area (TPSA) is 53.5 Å². The molecule has 158 valence electrons. The molecule has 0 unspecified atom stereocenters. The first-order valence-corrected chi connectivity index (χ1v) is 11.2. The first kappa shape index (κ1) is 20.0. The number of carbonyl (C=O) groups is 2. The van der Waals surface area contributed by atoms with E-state index in [4.69, 9.17) is 16.6 Å². The molecule has 0 radical (unpaired) electrons. The van der Waals surface area contributed by atoms with Crippen molar-refractivity contribution in [1.29, 1.82) is 0 Å². The predicted molar refractivity (Wildman–Crippen MR) is 122 cm³/mol. The van der Waals surface area contributed by atoms with Gasteiger partial charge in [-0.3, -0.25) is 9.59 Å². The van der Waals surface area contributed by atoms with Gasteiger partial charge in [0.25, 0.3) is 5.91 Å². The van der Waals surface area contributed by atoms with Gasteiger partial charge in [-0.15, -0.1) is 0 Å². The van der Waals surface area contributed by atoms with Crippen molar-refractivity contribution in [3.63, 3.8) is 0 Å². The summed E-state index contributed by atoms with van der Waals surface area (Å²) in [6.45, 7) is 2.33. The Bertz CT molecular complexity index is 1130. The summed E-state index contributed by atoms with van der Waals surface area (Å²) in [7, 11) is 0. The van der Waals surface area contributed by atoms with E-state index >= 15 is 0 Å². The molecule has 1 saturated carbocycles. The second-order valence-electron chi connectivity index (χ2n) is 8.32. The minimum Gasteiger partial charge on any atom is -0.339 e. The van der Waals surface area contributed by atoms with Crippen molar-refractivity contribution in [2.24, 2.45) is 5.92 Å². The second-order valence-corrected chi connectivity index (χ2v) is 8.76. The van der Waals surface area contributed by atoms with Crippen LogP contribution in [0.2, 0.25) is 5.02 Å². The fourth-order valence-corrected chi connectivity index (χ4v) is 4.46. The van der Waals surface area contributed by atoms with Gasteiger partial charge in [-0.25, -0.2) is 4.98 Å². The zero-order valence-electron chi connectivity index (χ0n) is 17.3. The molecule has 2 fully saturated rings. The van der Waals surface area contributed by atoms with Crippen LogP contribution in [0.4, 0.5) is 0 Å². The van der Waals surface area contributed by atoms with Gasteiger partial charge >= 0.3 is 0 Å². The molecule has 2 aliphatic rings. The molecule has 1 aromatic heterocycles. The Labute approximate surface area is 186 Å². The average Bonchev–Trinajstić information content (AvgIpc) is 2.77. The van der Waals surface area contributed by atoms with Crippen LogP contribution in [0.3, 0.4) is 0 Å². The monoisotopic (exact) mass is 433 g/mol. The summed E-state index contributed by atoms with van der Waals surface area (Å²) in [4.78, 5) is 34.6. The van der Waals surface area contributed by atoms with Crippen LogP contribution in [-0.2, 0) is 4.79 Å². The van der Waals surface area contributed by atoms with Gasteiger partial charge in [-0.05, 0) is 37.1 Å². The Morgan fingerprint density at radius 1 is 0.903 bits per heavy atom. The predicted octanol–water partition coefficient (Wildman–Crippen LogP) is 4.64. The third kappa shape index (κ3) is 3.90. The number of carbonyl (C=O) groups excluding carboxylic acids is 2. The van der Waals surface area contributed by atoms with Gasteiger partial charge in [-0.2, -0.15) is 0 Å². The number of hydrogen-bond donors (Lipinski definition) is 0. The highest BCUT2D eigenvalue weighted by atomic mass is 35.5. The summed E-state index contributed by atoms with van der Waals surface area (Å²) in [6, 6.07) is 17.1. The molecule has 2 heterocycles. The number of rotatable bonds is 3. The smallest absolute Gasteiger partial charge is 0.254 e. The molecule has 2 amide bonds. The highest BCUT2D eigenvalue weighted by Gasteiger charge is 2.32. The molecule has 0 spiro atoms. The molecule has 1 aliphatic heterocycles. The maximum Gasteiger partial charge on any atom is 0.254 e. The average molecular weight is 434 g/mol. The van der Waals surface area contributed by atoms with E-state index in [0.717, 1.165) is 41.4 Å². The normalized spacial score (nSPS) is 16.9. The second kappa shape index (κ2) is 8.31. The van der Waals surface area contributed by atoms with Crippen molar-refractivity contribution < 1.29 is 9.59 Å². The van der Waals surface area contributed by atoms with E-state index in [1.165, 1.54) is 0 Å². The molecule has 5 rings (SSSR count). The molecular weight excluding hydrogens is 410 g/mol. The lowest BCUT2D eigenvalue weighted by atomic mass is 9.84. The maximum atomic E-state index is 13.5. The number of aromatic nitrogens is 1. The first-order chi connectivity index (χ1) is 15.1.